The number of amides is 1. The van der Waals surface area contributed by atoms with Crippen LogP contribution in [0.3, 0.4) is 0 Å². The van der Waals surface area contributed by atoms with E-state index in [9.17, 15) is 9.90 Å². The summed E-state index contributed by atoms with van der Waals surface area (Å²) in [6.45, 7) is 6.34. The molecule has 4 heteroatoms. The maximum Gasteiger partial charge on any atom is 0.219 e. The number of fused-ring (bicyclic) bond motifs is 1. The average Bonchev–Trinajstić information content (AvgIpc) is 2.86. The molecule has 0 radical (unpaired) electrons. The molecular weight excluding hydrogens is 264 g/mol. The lowest BCUT2D eigenvalue weighted by atomic mass is 10.0. The quantitative estimate of drug-likeness (QED) is 0.685. The Bertz CT molecular complexity index is 644. The fourth-order valence-corrected chi connectivity index (χ4v) is 2.56. The van der Waals surface area contributed by atoms with Crippen molar-refractivity contribution in [2.45, 2.75) is 32.6 Å². The van der Waals surface area contributed by atoms with Gasteiger partial charge in [-0.2, -0.15) is 0 Å². The highest BCUT2D eigenvalue weighted by Gasteiger charge is 2.12. The fourth-order valence-electron chi connectivity index (χ4n) is 2.56. The molecule has 0 aliphatic carbocycles. The second-order valence-corrected chi connectivity index (χ2v) is 5.14. The number of hydrogen-bond acceptors (Lipinski definition) is 2. The van der Waals surface area contributed by atoms with Crippen LogP contribution in [0.15, 0.2) is 31.0 Å². The molecule has 0 unspecified atom stereocenters. The van der Waals surface area contributed by atoms with Crippen molar-refractivity contribution in [1.82, 2.24) is 10.3 Å². The normalized spacial score (nSPS) is 10.7. The SMILES string of the molecule is C=CCc1c(O)ccc2[nH]cc(CCNC(=O)CCC)c12. The number of carbonyl (C=O) groups is 1. The highest BCUT2D eigenvalue weighted by atomic mass is 16.3. The van der Waals surface area contributed by atoms with Gasteiger partial charge >= 0.3 is 0 Å². The summed E-state index contributed by atoms with van der Waals surface area (Å²) in [6, 6.07) is 3.57. The molecule has 0 atom stereocenters. The number of H-pyrrole nitrogens is 1. The van der Waals surface area contributed by atoms with E-state index in [4.69, 9.17) is 0 Å². The molecule has 0 spiro atoms. The van der Waals surface area contributed by atoms with Gasteiger partial charge in [-0.1, -0.05) is 13.0 Å². The highest BCUT2D eigenvalue weighted by molar-refractivity contribution is 5.89. The number of phenolic OH excluding ortho intramolecular Hbond substituents is 1. The summed E-state index contributed by atoms with van der Waals surface area (Å²) in [5, 5.41) is 14.0. The number of allylic oxidation sites excluding steroid dienone is 1. The van der Waals surface area contributed by atoms with Gasteiger partial charge in [0.25, 0.3) is 0 Å². The predicted octanol–water partition coefficient (Wildman–Crippen LogP) is 3.06. The van der Waals surface area contributed by atoms with Crippen molar-refractivity contribution in [1.29, 1.82) is 0 Å². The Morgan fingerprint density at radius 3 is 3.00 bits per heavy atom. The molecule has 21 heavy (non-hydrogen) atoms. The number of nitrogens with one attached hydrogen (secondary N) is 2. The molecule has 0 aliphatic rings. The van der Waals surface area contributed by atoms with Crippen molar-refractivity contribution in [3.8, 4) is 5.75 Å². The van der Waals surface area contributed by atoms with Crippen LogP contribution in [0.4, 0.5) is 0 Å². The first kappa shape index (κ1) is 15.2. The topological polar surface area (TPSA) is 65.1 Å². The fraction of sp³-hybridized carbons (Fsp3) is 0.353. The number of rotatable bonds is 7. The summed E-state index contributed by atoms with van der Waals surface area (Å²) in [6.07, 6.45) is 6.52. The van der Waals surface area contributed by atoms with Gasteiger partial charge in [-0.15, -0.1) is 6.58 Å². The summed E-state index contributed by atoms with van der Waals surface area (Å²) in [4.78, 5) is 14.7. The van der Waals surface area contributed by atoms with Crippen LogP contribution in [0.5, 0.6) is 5.75 Å². The Kier molecular flexibility index (Phi) is 5.04. The zero-order valence-corrected chi connectivity index (χ0v) is 12.4. The smallest absolute Gasteiger partial charge is 0.219 e. The zero-order chi connectivity index (χ0) is 15.2. The number of aromatic hydroxyl groups is 1. The first-order chi connectivity index (χ1) is 10.2. The van der Waals surface area contributed by atoms with Gasteiger partial charge in [-0.05, 0) is 37.0 Å². The molecule has 0 bridgehead atoms. The maximum absolute atomic E-state index is 11.5. The summed E-state index contributed by atoms with van der Waals surface area (Å²) in [5.41, 5.74) is 2.99. The molecule has 0 aliphatic heterocycles. The first-order valence-corrected chi connectivity index (χ1v) is 7.35. The van der Waals surface area contributed by atoms with Crippen LogP contribution in [-0.2, 0) is 17.6 Å². The first-order valence-electron chi connectivity index (χ1n) is 7.35. The summed E-state index contributed by atoms with van der Waals surface area (Å²) >= 11 is 0. The number of aromatic nitrogens is 1. The van der Waals surface area contributed by atoms with Crippen molar-refractivity contribution in [3.05, 3.63) is 42.1 Å². The molecule has 3 N–H and O–H groups in total. The minimum Gasteiger partial charge on any atom is -0.508 e. The van der Waals surface area contributed by atoms with Gasteiger partial charge in [-0.3, -0.25) is 4.79 Å². The van der Waals surface area contributed by atoms with E-state index in [2.05, 4.69) is 16.9 Å². The van der Waals surface area contributed by atoms with E-state index in [1.54, 1.807) is 12.1 Å². The second-order valence-electron chi connectivity index (χ2n) is 5.14. The van der Waals surface area contributed by atoms with E-state index in [0.717, 1.165) is 34.9 Å². The van der Waals surface area contributed by atoms with Crippen molar-refractivity contribution in [3.63, 3.8) is 0 Å². The van der Waals surface area contributed by atoms with Crippen LogP contribution in [0.25, 0.3) is 10.9 Å². The van der Waals surface area contributed by atoms with Gasteiger partial charge < -0.3 is 15.4 Å². The van der Waals surface area contributed by atoms with Crippen LogP contribution in [0, 0.1) is 0 Å². The lowest BCUT2D eigenvalue weighted by Gasteiger charge is -2.08. The molecule has 0 fully saturated rings. The van der Waals surface area contributed by atoms with Crippen LogP contribution >= 0.6 is 0 Å². The summed E-state index contributed by atoms with van der Waals surface area (Å²) < 4.78 is 0. The molecular formula is C17H22N2O2. The third-order valence-electron chi connectivity index (χ3n) is 3.55. The van der Waals surface area contributed by atoms with Gasteiger partial charge in [0, 0.05) is 35.6 Å². The monoisotopic (exact) mass is 286 g/mol. The summed E-state index contributed by atoms with van der Waals surface area (Å²) in [7, 11) is 0. The number of carbonyl (C=O) groups excluding carboxylic acids is 1. The van der Waals surface area contributed by atoms with E-state index in [1.165, 1.54) is 0 Å². The lowest BCUT2D eigenvalue weighted by molar-refractivity contribution is -0.121. The third-order valence-corrected chi connectivity index (χ3v) is 3.55. The Balaban J connectivity index is 2.18. The largest absolute Gasteiger partial charge is 0.508 e. The molecule has 2 aromatic rings. The Morgan fingerprint density at radius 1 is 1.48 bits per heavy atom. The van der Waals surface area contributed by atoms with Crippen LogP contribution in [0.1, 0.15) is 30.9 Å². The zero-order valence-electron chi connectivity index (χ0n) is 12.4. The highest BCUT2D eigenvalue weighted by Crippen LogP contribution is 2.30. The van der Waals surface area contributed by atoms with Crippen LogP contribution in [0.2, 0.25) is 0 Å². The lowest BCUT2D eigenvalue weighted by Crippen LogP contribution is -2.25. The molecule has 0 saturated carbocycles. The van der Waals surface area contributed by atoms with Gasteiger partial charge in [0.05, 0.1) is 0 Å². The van der Waals surface area contributed by atoms with Gasteiger partial charge in [0.2, 0.25) is 5.91 Å². The van der Waals surface area contributed by atoms with Crippen LogP contribution < -0.4 is 5.32 Å². The van der Waals surface area contributed by atoms with E-state index in [0.29, 0.717) is 25.1 Å². The minimum atomic E-state index is 0.0894. The van der Waals surface area contributed by atoms with Crippen molar-refractivity contribution in [2.24, 2.45) is 0 Å². The van der Waals surface area contributed by atoms with Gasteiger partial charge in [0.1, 0.15) is 5.75 Å². The van der Waals surface area contributed by atoms with E-state index >= 15 is 0 Å². The number of aromatic amines is 1. The Hall–Kier alpha value is -2.23. The molecule has 2 rings (SSSR count). The van der Waals surface area contributed by atoms with Crippen molar-refractivity contribution >= 4 is 16.8 Å². The third kappa shape index (κ3) is 3.45. The second kappa shape index (κ2) is 6.97. The van der Waals surface area contributed by atoms with Gasteiger partial charge in [0.15, 0.2) is 0 Å². The van der Waals surface area contributed by atoms with Crippen molar-refractivity contribution in [2.75, 3.05) is 6.54 Å². The van der Waals surface area contributed by atoms with E-state index < -0.39 is 0 Å². The minimum absolute atomic E-state index is 0.0894. The molecule has 1 aromatic carbocycles. The standard InChI is InChI=1S/C17H22N2O2/c1-3-5-13-15(20)8-7-14-17(13)12(11-19-14)9-10-18-16(21)6-4-2/h3,7-8,11,19-20H,1,4-6,9-10H2,2H3,(H,18,21). The van der Waals surface area contributed by atoms with E-state index in [-0.39, 0.29) is 5.91 Å². The molecule has 112 valence electrons. The molecule has 1 aromatic heterocycles. The van der Waals surface area contributed by atoms with E-state index in [1.807, 2.05) is 19.2 Å². The van der Waals surface area contributed by atoms with Gasteiger partial charge in [-0.25, -0.2) is 0 Å². The number of hydrogen-bond donors (Lipinski definition) is 3. The Morgan fingerprint density at radius 2 is 2.29 bits per heavy atom. The molecule has 4 nitrogen and oxygen atoms in total. The molecule has 0 saturated heterocycles. The maximum atomic E-state index is 11.5. The molecule has 1 heterocycles. The van der Waals surface area contributed by atoms with Crippen molar-refractivity contribution < 1.29 is 9.90 Å². The molecule has 1 amide bonds. The summed E-state index contributed by atoms with van der Waals surface area (Å²) in [5.74, 6) is 0.379. The number of phenols is 1. The predicted molar refractivity (Wildman–Crippen MR) is 85.5 cm³/mol. The average molecular weight is 286 g/mol. The Labute approximate surface area is 124 Å². The van der Waals surface area contributed by atoms with Crippen LogP contribution in [-0.4, -0.2) is 22.5 Å². The number of benzene rings is 1.